The van der Waals surface area contributed by atoms with Crippen LogP contribution in [0.4, 0.5) is 0 Å². The van der Waals surface area contributed by atoms with Gasteiger partial charge in [0.25, 0.3) is 0 Å². The lowest BCUT2D eigenvalue weighted by Crippen LogP contribution is -2.65. The molecule has 0 aliphatic carbocycles. The number of carbonyl (C=O) groups is 2. The predicted octanol–water partition coefficient (Wildman–Crippen LogP) is 2.70. The Morgan fingerprint density at radius 3 is 2.21 bits per heavy atom. The first-order valence-corrected chi connectivity index (χ1v) is 20.8. The fourth-order valence-electron chi connectivity index (χ4n) is 8.80. The van der Waals surface area contributed by atoms with E-state index in [9.17, 15) is 30.0 Å². The van der Waals surface area contributed by atoms with Crippen LogP contribution in [0.5, 0.6) is 0 Å². The number of hydrogen-bond donors (Lipinski definition) is 4. The maximum absolute atomic E-state index is 12.9. The third kappa shape index (κ3) is 13.3. The van der Waals surface area contributed by atoms with Crippen LogP contribution in [-0.2, 0) is 42.7 Å². The number of cyclic esters (lactones) is 1. The Hall–Kier alpha value is -1.86. The Labute approximate surface area is 339 Å². The second-order valence-electron chi connectivity index (χ2n) is 17.5. The normalized spacial score (nSPS) is 45.7. The molecule has 0 aromatic heterocycles. The van der Waals surface area contributed by atoms with Gasteiger partial charge in [0.15, 0.2) is 18.9 Å². The highest BCUT2D eigenvalue weighted by Crippen LogP contribution is 2.37. The summed E-state index contributed by atoms with van der Waals surface area (Å²) < 4.78 is 43.8. The van der Waals surface area contributed by atoms with Crippen LogP contribution in [0.1, 0.15) is 92.9 Å². The number of carbonyl (C=O) groups excluding carboxylic acids is 2. The molecular weight excluding hydrogens is 740 g/mol. The topological polar surface area (TPSA) is 186 Å². The van der Waals surface area contributed by atoms with Gasteiger partial charge in [-0.2, -0.15) is 0 Å². The molecule has 0 aromatic carbocycles. The number of aliphatic hydroxyl groups excluding tert-OH is 3. The van der Waals surface area contributed by atoms with Crippen molar-refractivity contribution in [1.29, 1.82) is 0 Å². The maximum atomic E-state index is 12.9. The van der Waals surface area contributed by atoms with Gasteiger partial charge in [-0.25, -0.2) is 0 Å². The number of allylic oxidation sites excluding steroid dienone is 2. The van der Waals surface area contributed by atoms with E-state index in [1.807, 2.05) is 45.3 Å². The summed E-state index contributed by atoms with van der Waals surface area (Å²) in [6.45, 7) is 10.9. The largest absolute Gasteiger partial charge is 0.462 e. The summed E-state index contributed by atoms with van der Waals surface area (Å²) in [5, 5.41) is 44.5. The van der Waals surface area contributed by atoms with Crippen molar-refractivity contribution in [3.63, 3.8) is 0 Å². The molecular formula is C42H72N2O13. The lowest BCUT2D eigenvalue weighted by atomic mass is 9.83. The first kappa shape index (κ1) is 47.8. The summed E-state index contributed by atoms with van der Waals surface area (Å²) in [6.07, 6.45) is 0.987. The zero-order valence-corrected chi connectivity index (χ0v) is 35.7. The zero-order chi connectivity index (χ0) is 42.2. The number of hydrogen-bond acceptors (Lipinski definition) is 15. The molecule has 4 heterocycles. The van der Waals surface area contributed by atoms with Crippen LogP contribution in [0.2, 0.25) is 0 Å². The molecule has 15 nitrogen and oxygen atoms in total. The predicted molar refractivity (Wildman–Crippen MR) is 211 cm³/mol. The Morgan fingerprint density at radius 1 is 0.877 bits per heavy atom. The van der Waals surface area contributed by atoms with Gasteiger partial charge in [0.2, 0.25) is 0 Å². The van der Waals surface area contributed by atoms with Crippen molar-refractivity contribution in [3.05, 3.63) is 24.3 Å². The molecule has 0 spiro atoms. The molecule has 0 aromatic rings. The fraction of sp³-hybridized carbons (Fsp3) is 0.857. The number of aldehydes is 1. The number of rotatable bonds is 10. The standard InChI is InChI=1S/C42H72N2O13/c1-24-20-29(18-19-45)33(56-41-38(48)37(44(9)10)39(27(4)54-41)57-36-23-42(6,50)40(49)28(5)53-36)21-30(46)22-34(47)51-25(2)14-12-11-13-15-32(24)55-35-17-16-31(43(7)8)26(3)52-35/h11-13,15,19,24-33,35-41,46,48-50H,14,16-18,20-23H2,1-10H3/b12-11+,15-13+/t24-,25-,26+,27+,28-,29+,30+,31+,32+,33-,35+,36-,37+,38+,39+,40-,41-,42+/m1/s1. The van der Waals surface area contributed by atoms with Crippen LogP contribution < -0.4 is 0 Å². The fourth-order valence-corrected chi connectivity index (χ4v) is 8.80. The SMILES string of the molecule is C[C@@H]1C/C=C/C=C/[C@H](O[C@H]2CC[C@H](N(C)C)[C@H](C)O2)[C@H](C)C[C@H](CC=O)[C@H](O[C@H]2O[C@@H](C)[C@H](O[C@@H]3C[C@](C)(O)[C@H](O)[C@@H](C)O3)[C@@H](N(C)C)[C@@H]2O)C[C@H](O)CC(=O)O1. The second kappa shape index (κ2) is 21.6. The highest BCUT2D eigenvalue weighted by molar-refractivity contribution is 5.70. The lowest BCUT2D eigenvalue weighted by Gasteiger charge is -2.49. The van der Waals surface area contributed by atoms with Crippen LogP contribution in [-0.4, -0.2) is 168 Å². The summed E-state index contributed by atoms with van der Waals surface area (Å²) in [5.41, 5.74) is -1.45. The van der Waals surface area contributed by atoms with E-state index in [0.717, 1.165) is 19.1 Å². The van der Waals surface area contributed by atoms with E-state index >= 15 is 0 Å². The van der Waals surface area contributed by atoms with Gasteiger partial charge in [0.1, 0.15) is 30.7 Å². The van der Waals surface area contributed by atoms with Crippen molar-refractivity contribution in [2.45, 2.75) is 191 Å². The first-order valence-electron chi connectivity index (χ1n) is 20.8. The summed E-state index contributed by atoms with van der Waals surface area (Å²) in [6, 6.07) is -0.398. The van der Waals surface area contributed by atoms with Gasteiger partial charge in [-0.05, 0) is 93.9 Å². The molecule has 57 heavy (non-hydrogen) atoms. The van der Waals surface area contributed by atoms with E-state index in [1.54, 1.807) is 39.8 Å². The number of aliphatic hydroxyl groups is 4. The number of nitrogens with zero attached hydrogens (tertiary/aromatic N) is 2. The summed E-state index contributed by atoms with van der Waals surface area (Å²) in [4.78, 5) is 29.2. The second-order valence-corrected chi connectivity index (χ2v) is 17.5. The van der Waals surface area contributed by atoms with Crippen molar-refractivity contribution in [3.8, 4) is 0 Å². The molecule has 0 unspecified atom stereocenters. The van der Waals surface area contributed by atoms with Crippen molar-refractivity contribution >= 4 is 12.3 Å². The van der Waals surface area contributed by atoms with E-state index in [4.69, 9.17) is 33.2 Å². The first-order chi connectivity index (χ1) is 26.8. The smallest absolute Gasteiger partial charge is 0.308 e. The van der Waals surface area contributed by atoms with E-state index in [1.165, 1.54) is 6.92 Å². The molecule has 0 saturated carbocycles. The van der Waals surface area contributed by atoms with E-state index in [0.29, 0.717) is 12.8 Å². The molecule has 4 rings (SSSR count). The quantitative estimate of drug-likeness (QED) is 0.186. The molecule has 0 amide bonds. The molecule has 3 saturated heterocycles. The Morgan fingerprint density at radius 2 is 1.58 bits per heavy atom. The highest BCUT2D eigenvalue weighted by Gasteiger charge is 2.51. The van der Waals surface area contributed by atoms with Gasteiger partial charge >= 0.3 is 5.97 Å². The lowest BCUT2D eigenvalue weighted by molar-refractivity contribution is -0.340. The maximum Gasteiger partial charge on any atom is 0.308 e. The van der Waals surface area contributed by atoms with Gasteiger partial charge < -0.3 is 68.2 Å². The molecule has 328 valence electrons. The minimum absolute atomic E-state index is 0.00329. The Kier molecular flexibility index (Phi) is 18.1. The number of likely N-dealkylation sites (N-methyl/N-ethyl adjacent to an activating group) is 2. The van der Waals surface area contributed by atoms with E-state index in [2.05, 4.69) is 11.8 Å². The van der Waals surface area contributed by atoms with Crippen molar-refractivity contribution < 1.29 is 63.2 Å². The van der Waals surface area contributed by atoms with E-state index in [-0.39, 0.29) is 43.7 Å². The monoisotopic (exact) mass is 813 g/mol. The van der Waals surface area contributed by atoms with Crippen LogP contribution in [0.3, 0.4) is 0 Å². The third-order valence-corrected chi connectivity index (χ3v) is 12.0. The third-order valence-electron chi connectivity index (χ3n) is 12.0. The summed E-state index contributed by atoms with van der Waals surface area (Å²) in [7, 11) is 7.68. The Balaban J connectivity index is 1.60. The van der Waals surface area contributed by atoms with E-state index < -0.39 is 97.3 Å². The van der Waals surface area contributed by atoms with Gasteiger partial charge in [0.05, 0.1) is 54.7 Å². The van der Waals surface area contributed by atoms with Gasteiger partial charge in [-0.1, -0.05) is 31.2 Å². The van der Waals surface area contributed by atoms with Crippen LogP contribution in [0.15, 0.2) is 24.3 Å². The summed E-state index contributed by atoms with van der Waals surface area (Å²) in [5.74, 6) is -1.18. The van der Waals surface area contributed by atoms with Crippen LogP contribution >= 0.6 is 0 Å². The molecule has 15 heteroatoms. The molecule has 4 aliphatic rings. The molecule has 4 aliphatic heterocycles. The average Bonchev–Trinajstić information content (AvgIpc) is 3.10. The number of esters is 1. The van der Waals surface area contributed by atoms with Crippen molar-refractivity contribution in [1.82, 2.24) is 9.80 Å². The van der Waals surface area contributed by atoms with Crippen molar-refractivity contribution in [2.24, 2.45) is 11.8 Å². The average molecular weight is 813 g/mol. The van der Waals surface area contributed by atoms with Gasteiger partial charge in [0, 0.05) is 31.7 Å². The van der Waals surface area contributed by atoms with Gasteiger partial charge in [-0.15, -0.1) is 0 Å². The molecule has 4 N–H and O–H groups in total. The molecule has 0 radical (unpaired) electrons. The zero-order valence-electron chi connectivity index (χ0n) is 35.7. The van der Waals surface area contributed by atoms with Crippen LogP contribution in [0.25, 0.3) is 0 Å². The van der Waals surface area contributed by atoms with Crippen molar-refractivity contribution in [2.75, 3.05) is 28.2 Å². The van der Waals surface area contributed by atoms with Crippen LogP contribution in [0, 0.1) is 11.8 Å². The minimum atomic E-state index is -1.45. The highest BCUT2D eigenvalue weighted by atomic mass is 16.7. The minimum Gasteiger partial charge on any atom is -0.462 e. The Bertz CT molecular complexity index is 1310. The molecule has 3 fully saturated rings. The number of ether oxygens (including phenoxy) is 7. The molecule has 18 atom stereocenters. The molecule has 0 bridgehead atoms. The van der Waals surface area contributed by atoms with Gasteiger partial charge in [-0.3, -0.25) is 4.79 Å². The summed E-state index contributed by atoms with van der Waals surface area (Å²) >= 11 is 0.